The third kappa shape index (κ3) is 2.41. The van der Waals surface area contributed by atoms with Crippen LogP contribution in [0.5, 0.6) is 0 Å². The van der Waals surface area contributed by atoms with Gasteiger partial charge < -0.3 is 16.2 Å². The SMILES string of the molecule is Nc1cc(N=O)ccc1NCCO. The Labute approximate surface area is 75.5 Å². The molecule has 4 N–H and O–H groups in total. The lowest BCUT2D eigenvalue weighted by Gasteiger charge is -2.07. The minimum Gasteiger partial charge on any atom is -0.397 e. The molecular weight excluding hydrogens is 170 g/mol. The molecule has 0 saturated carbocycles. The van der Waals surface area contributed by atoms with Crippen LogP contribution in [0.1, 0.15) is 0 Å². The molecule has 0 saturated heterocycles. The zero-order valence-corrected chi connectivity index (χ0v) is 7.03. The second-order valence-electron chi connectivity index (χ2n) is 2.51. The molecule has 1 rings (SSSR count). The molecule has 0 spiro atoms. The second-order valence-corrected chi connectivity index (χ2v) is 2.51. The number of nitrogen functional groups attached to an aromatic ring is 1. The normalized spacial score (nSPS) is 9.62. The minimum absolute atomic E-state index is 0.0348. The third-order valence-corrected chi connectivity index (χ3v) is 1.57. The largest absolute Gasteiger partial charge is 0.397 e. The number of nitrogens with two attached hydrogens (primary N) is 1. The monoisotopic (exact) mass is 181 g/mol. The zero-order chi connectivity index (χ0) is 9.68. The topological polar surface area (TPSA) is 87.7 Å². The number of anilines is 2. The maximum atomic E-state index is 10.1. The third-order valence-electron chi connectivity index (χ3n) is 1.57. The Kier molecular flexibility index (Phi) is 3.22. The quantitative estimate of drug-likeness (QED) is 0.479. The fraction of sp³-hybridized carbons (Fsp3) is 0.250. The van der Waals surface area contributed by atoms with Crippen LogP contribution in [-0.2, 0) is 0 Å². The molecule has 0 bridgehead atoms. The molecular formula is C8H11N3O2. The lowest BCUT2D eigenvalue weighted by Crippen LogP contribution is -2.07. The molecule has 0 aromatic heterocycles. The molecule has 0 fully saturated rings. The summed E-state index contributed by atoms with van der Waals surface area (Å²) in [5.74, 6) is 0. The van der Waals surface area contributed by atoms with Crippen LogP contribution in [0.15, 0.2) is 23.4 Å². The van der Waals surface area contributed by atoms with Crippen molar-refractivity contribution in [1.82, 2.24) is 0 Å². The molecule has 0 aliphatic carbocycles. The number of rotatable bonds is 4. The fourth-order valence-corrected chi connectivity index (χ4v) is 0.958. The van der Waals surface area contributed by atoms with Crippen molar-refractivity contribution in [3.63, 3.8) is 0 Å². The van der Waals surface area contributed by atoms with Crippen LogP contribution in [0.2, 0.25) is 0 Å². The molecule has 5 heteroatoms. The molecule has 5 nitrogen and oxygen atoms in total. The van der Waals surface area contributed by atoms with Crippen LogP contribution >= 0.6 is 0 Å². The van der Waals surface area contributed by atoms with Crippen molar-refractivity contribution in [3.8, 4) is 0 Å². The van der Waals surface area contributed by atoms with Gasteiger partial charge in [0.15, 0.2) is 0 Å². The number of hydrogen-bond donors (Lipinski definition) is 3. The van der Waals surface area contributed by atoms with Crippen molar-refractivity contribution < 1.29 is 5.11 Å². The smallest absolute Gasteiger partial charge is 0.110 e. The van der Waals surface area contributed by atoms with E-state index in [1.165, 1.54) is 6.07 Å². The summed E-state index contributed by atoms with van der Waals surface area (Å²) in [6, 6.07) is 4.69. The van der Waals surface area contributed by atoms with Crippen LogP contribution in [0.3, 0.4) is 0 Å². The Hall–Kier alpha value is -1.62. The van der Waals surface area contributed by atoms with E-state index in [1.54, 1.807) is 12.1 Å². The number of aliphatic hydroxyl groups is 1. The van der Waals surface area contributed by atoms with Crippen molar-refractivity contribution in [2.24, 2.45) is 5.18 Å². The Balaban J connectivity index is 2.79. The predicted molar refractivity (Wildman–Crippen MR) is 51.9 cm³/mol. The summed E-state index contributed by atoms with van der Waals surface area (Å²) in [6.45, 7) is 0.463. The van der Waals surface area contributed by atoms with Gasteiger partial charge in [-0.15, -0.1) is 4.91 Å². The zero-order valence-electron chi connectivity index (χ0n) is 7.03. The van der Waals surface area contributed by atoms with Crippen molar-refractivity contribution in [2.45, 2.75) is 0 Å². The molecule has 0 atom stereocenters. The summed E-state index contributed by atoms with van der Waals surface area (Å²) in [5.41, 5.74) is 7.04. The van der Waals surface area contributed by atoms with Crippen molar-refractivity contribution >= 4 is 17.1 Å². The van der Waals surface area contributed by atoms with Crippen LogP contribution in [0.4, 0.5) is 17.1 Å². The molecule has 0 unspecified atom stereocenters. The lowest BCUT2D eigenvalue weighted by molar-refractivity contribution is 0.311. The van der Waals surface area contributed by atoms with Gasteiger partial charge in [0.25, 0.3) is 0 Å². The molecule has 0 radical (unpaired) electrons. The van der Waals surface area contributed by atoms with E-state index in [-0.39, 0.29) is 6.61 Å². The molecule has 0 aliphatic rings. The summed E-state index contributed by atoms with van der Waals surface area (Å²) < 4.78 is 0. The van der Waals surface area contributed by atoms with Gasteiger partial charge in [-0.05, 0) is 23.4 Å². The standard InChI is InChI=1S/C8H11N3O2/c9-7-5-6(11-13)1-2-8(7)10-3-4-12/h1-2,5,10,12H,3-4,9H2. The number of nitrogens with zero attached hydrogens (tertiary/aromatic N) is 1. The minimum atomic E-state index is 0.0348. The number of nitrogens with one attached hydrogen (secondary N) is 1. The molecule has 13 heavy (non-hydrogen) atoms. The van der Waals surface area contributed by atoms with Gasteiger partial charge in [-0.2, -0.15) is 0 Å². The van der Waals surface area contributed by atoms with Crippen LogP contribution in [0, 0.1) is 4.91 Å². The first-order valence-electron chi connectivity index (χ1n) is 3.85. The molecule has 0 amide bonds. The van der Waals surface area contributed by atoms with Gasteiger partial charge in [0, 0.05) is 6.54 Å². The van der Waals surface area contributed by atoms with Crippen LogP contribution < -0.4 is 11.1 Å². The summed E-state index contributed by atoms with van der Waals surface area (Å²) >= 11 is 0. The first kappa shape index (κ1) is 9.47. The predicted octanol–water partition coefficient (Wildman–Crippen LogP) is 1.07. The van der Waals surface area contributed by atoms with Gasteiger partial charge in [0.1, 0.15) is 5.69 Å². The highest BCUT2D eigenvalue weighted by Gasteiger charge is 1.99. The lowest BCUT2D eigenvalue weighted by atomic mass is 10.2. The van der Waals surface area contributed by atoms with Gasteiger partial charge in [0.05, 0.1) is 18.0 Å². The van der Waals surface area contributed by atoms with Crippen molar-refractivity contribution in [3.05, 3.63) is 23.1 Å². The van der Waals surface area contributed by atoms with E-state index in [4.69, 9.17) is 10.8 Å². The van der Waals surface area contributed by atoms with E-state index < -0.39 is 0 Å². The fourth-order valence-electron chi connectivity index (χ4n) is 0.958. The van der Waals surface area contributed by atoms with Gasteiger partial charge in [-0.3, -0.25) is 0 Å². The van der Waals surface area contributed by atoms with E-state index >= 15 is 0 Å². The highest BCUT2D eigenvalue weighted by Crippen LogP contribution is 2.23. The highest BCUT2D eigenvalue weighted by molar-refractivity contribution is 5.70. The number of aliphatic hydroxyl groups excluding tert-OH is 1. The summed E-state index contributed by atoms with van der Waals surface area (Å²) in [4.78, 5) is 10.1. The second kappa shape index (κ2) is 4.42. The highest BCUT2D eigenvalue weighted by atomic mass is 16.3. The maximum Gasteiger partial charge on any atom is 0.110 e. The van der Waals surface area contributed by atoms with Gasteiger partial charge in [-0.1, -0.05) is 0 Å². The van der Waals surface area contributed by atoms with E-state index in [1.807, 2.05) is 0 Å². The molecule has 1 aromatic carbocycles. The Bertz CT molecular complexity index is 301. The first-order chi connectivity index (χ1) is 6.27. The molecule has 0 aliphatic heterocycles. The summed E-state index contributed by atoms with van der Waals surface area (Å²) in [6.07, 6.45) is 0. The maximum absolute atomic E-state index is 10.1. The van der Waals surface area contributed by atoms with Crippen molar-refractivity contribution in [1.29, 1.82) is 0 Å². The van der Waals surface area contributed by atoms with Crippen LogP contribution in [-0.4, -0.2) is 18.3 Å². The van der Waals surface area contributed by atoms with E-state index in [9.17, 15) is 4.91 Å². The first-order valence-corrected chi connectivity index (χ1v) is 3.85. The van der Waals surface area contributed by atoms with E-state index in [0.717, 1.165) is 0 Å². The average Bonchev–Trinajstić information content (AvgIpc) is 2.16. The Morgan fingerprint density at radius 1 is 1.54 bits per heavy atom. The average molecular weight is 181 g/mol. The van der Waals surface area contributed by atoms with Gasteiger partial charge in [0.2, 0.25) is 0 Å². The van der Waals surface area contributed by atoms with Crippen LogP contribution in [0.25, 0.3) is 0 Å². The molecule has 1 aromatic rings. The summed E-state index contributed by atoms with van der Waals surface area (Å²) in [5, 5.41) is 14.2. The number of hydrogen-bond acceptors (Lipinski definition) is 5. The van der Waals surface area contributed by atoms with E-state index in [2.05, 4.69) is 10.5 Å². The van der Waals surface area contributed by atoms with Gasteiger partial charge >= 0.3 is 0 Å². The van der Waals surface area contributed by atoms with Crippen molar-refractivity contribution in [2.75, 3.05) is 24.2 Å². The molecule has 70 valence electrons. The summed E-state index contributed by atoms with van der Waals surface area (Å²) in [7, 11) is 0. The Morgan fingerprint density at radius 3 is 2.85 bits per heavy atom. The van der Waals surface area contributed by atoms with E-state index in [0.29, 0.717) is 23.6 Å². The Morgan fingerprint density at radius 2 is 2.31 bits per heavy atom. The van der Waals surface area contributed by atoms with Gasteiger partial charge in [-0.25, -0.2) is 0 Å². The number of benzene rings is 1. The number of nitroso groups, excluding NO2 is 1. The molecule has 0 heterocycles.